The van der Waals surface area contributed by atoms with Crippen molar-refractivity contribution in [2.75, 3.05) is 19.1 Å². The zero-order valence-electron chi connectivity index (χ0n) is 9.19. The van der Waals surface area contributed by atoms with Gasteiger partial charge in [0.05, 0.1) is 12.9 Å². The van der Waals surface area contributed by atoms with E-state index >= 15 is 0 Å². The molecule has 0 aromatic heterocycles. The molecule has 6 nitrogen and oxygen atoms in total. The minimum absolute atomic E-state index is 0.0299. The minimum atomic E-state index is -1.15. The third-order valence-electron chi connectivity index (χ3n) is 1.77. The predicted octanol–water partition coefficient (Wildman–Crippen LogP) is -0.128. The number of carbonyl (C=O) groups is 3. The fraction of sp³-hybridized carbons (Fsp3) is 0.667. The summed E-state index contributed by atoms with van der Waals surface area (Å²) in [5.74, 6) is -1.81. The molecular weight excluding hydrogens is 234 g/mol. The van der Waals surface area contributed by atoms with Gasteiger partial charge in [0.1, 0.15) is 6.04 Å². The number of esters is 1. The number of hydrogen-bond acceptors (Lipinski definition) is 5. The van der Waals surface area contributed by atoms with E-state index in [1.165, 1.54) is 18.9 Å². The second kappa shape index (κ2) is 7.98. The molecule has 2 N–H and O–H groups in total. The van der Waals surface area contributed by atoms with E-state index in [2.05, 4.69) is 10.1 Å². The molecule has 7 heteroatoms. The number of ether oxygens (including phenoxy) is 1. The molecule has 16 heavy (non-hydrogen) atoms. The predicted molar refractivity (Wildman–Crippen MR) is 59.2 cm³/mol. The van der Waals surface area contributed by atoms with Crippen LogP contribution < -0.4 is 5.32 Å². The minimum Gasteiger partial charge on any atom is -0.480 e. The van der Waals surface area contributed by atoms with E-state index in [0.29, 0.717) is 0 Å². The quantitative estimate of drug-likeness (QED) is 0.611. The highest BCUT2D eigenvalue weighted by Crippen LogP contribution is 2.00. The molecule has 1 amide bonds. The van der Waals surface area contributed by atoms with Crippen molar-refractivity contribution < 1.29 is 24.2 Å². The summed E-state index contributed by atoms with van der Waals surface area (Å²) < 4.78 is 4.38. The van der Waals surface area contributed by atoms with Gasteiger partial charge in [0.25, 0.3) is 0 Å². The average Bonchev–Trinajstić information content (AvgIpc) is 2.23. The molecule has 0 spiro atoms. The lowest BCUT2D eigenvalue weighted by Gasteiger charge is -2.13. The second-order valence-corrected chi connectivity index (χ2v) is 3.87. The van der Waals surface area contributed by atoms with Crippen molar-refractivity contribution in [3.8, 4) is 0 Å². The van der Waals surface area contributed by atoms with Crippen molar-refractivity contribution in [3.05, 3.63) is 0 Å². The lowest BCUT2D eigenvalue weighted by atomic mass is 10.1. The van der Waals surface area contributed by atoms with Crippen molar-refractivity contribution in [2.24, 2.45) is 0 Å². The molecule has 0 heterocycles. The van der Waals surface area contributed by atoms with Crippen LogP contribution in [0.2, 0.25) is 0 Å². The summed E-state index contributed by atoms with van der Waals surface area (Å²) in [6.45, 7) is 0. The lowest BCUT2D eigenvalue weighted by molar-refractivity contribution is -0.143. The van der Waals surface area contributed by atoms with Crippen molar-refractivity contribution in [1.29, 1.82) is 0 Å². The number of nitrogens with one attached hydrogen (secondary N) is 1. The number of carbonyl (C=O) groups excluding carboxylic acids is 2. The largest absolute Gasteiger partial charge is 0.480 e. The number of carboxylic acid groups (broad SMARTS) is 1. The Labute approximate surface area is 97.7 Å². The van der Waals surface area contributed by atoms with Gasteiger partial charge in [-0.25, -0.2) is 4.79 Å². The maximum absolute atomic E-state index is 11.2. The molecule has 0 aliphatic rings. The van der Waals surface area contributed by atoms with Crippen LogP contribution >= 0.6 is 11.8 Å². The number of rotatable bonds is 7. The van der Waals surface area contributed by atoms with E-state index in [4.69, 9.17) is 5.11 Å². The Morgan fingerprint density at radius 1 is 1.44 bits per heavy atom. The van der Waals surface area contributed by atoms with Crippen LogP contribution in [-0.4, -0.2) is 48.1 Å². The van der Waals surface area contributed by atoms with Gasteiger partial charge in [0.2, 0.25) is 5.91 Å². The zero-order valence-corrected chi connectivity index (χ0v) is 10.0. The Morgan fingerprint density at radius 2 is 2.06 bits per heavy atom. The first-order chi connectivity index (χ1) is 7.51. The monoisotopic (exact) mass is 249 g/mol. The maximum atomic E-state index is 11.2. The summed E-state index contributed by atoms with van der Waals surface area (Å²) in [5, 5.41) is 11.1. The first-order valence-corrected chi connectivity index (χ1v) is 5.98. The molecule has 0 aromatic carbocycles. The van der Waals surface area contributed by atoms with Crippen molar-refractivity contribution in [2.45, 2.75) is 18.9 Å². The van der Waals surface area contributed by atoms with Crippen molar-refractivity contribution in [1.82, 2.24) is 5.32 Å². The summed E-state index contributed by atoms with van der Waals surface area (Å²) >= 11 is 1.30. The topological polar surface area (TPSA) is 92.7 Å². The molecule has 92 valence electrons. The zero-order chi connectivity index (χ0) is 12.6. The molecule has 0 saturated carbocycles. The fourth-order valence-electron chi connectivity index (χ4n) is 0.989. The van der Waals surface area contributed by atoms with Crippen LogP contribution in [0.15, 0.2) is 0 Å². The number of amides is 1. The van der Waals surface area contributed by atoms with Gasteiger partial charge >= 0.3 is 11.9 Å². The smallest absolute Gasteiger partial charge is 0.326 e. The van der Waals surface area contributed by atoms with Crippen LogP contribution in [0.5, 0.6) is 0 Å². The molecule has 0 saturated heterocycles. The van der Waals surface area contributed by atoms with Crippen LogP contribution in [0.3, 0.4) is 0 Å². The number of aliphatic carboxylic acids is 1. The van der Waals surface area contributed by atoms with E-state index in [1.54, 1.807) is 6.26 Å². The van der Waals surface area contributed by atoms with E-state index in [9.17, 15) is 14.4 Å². The maximum Gasteiger partial charge on any atom is 0.326 e. The molecule has 0 aliphatic heterocycles. The SMILES string of the molecule is COC(=O)CC[C@H](NC(=O)CSC)C(=O)O. The van der Waals surface area contributed by atoms with Crippen LogP contribution in [0, 0.1) is 0 Å². The molecular formula is C9H15NO5S. The summed E-state index contributed by atoms with van der Waals surface area (Å²) in [7, 11) is 1.23. The first-order valence-electron chi connectivity index (χ1n) is 4.59. The third-order valence-corrected chi connectivity index (χ3v) is 2.32. The molecule has 0 aliphatic carbocycles. The number of thioether (sulfide) groups is 1. The molecule has 1 atom stereocenters. The highest BCUT2D eigenvalue weighted by molar-refractivity contribution is 7.99. The van der Waals surface area contributed by atoms with Gasteiger partial charge in [-0.3, -0.25) is 9.59 Å². The summed E-state index contributed by atoms with van der Waals surface area (Å²) in [6, 6.07) is -1.04. The van der Waals surface area contributed by atoms with Crippen LogP contribution in [0.1, 0.15) is 12.8 Å². The number of methoxy groups -OCH3 is 1. The highest BCUT2D eigenvalue weighted by Gasteiger charge is 2.20. The molecule has 0 rings (SSSR count). The standard InChI is InChI=1S/C9H15NO5S/c1-15-8(12)4-3-6(9(13)14)10-7(11)5-16-2/h6H,3-5H2,1-2H3,(H,10,11)(H,13,14)/t6-/m0/s1. The molecule has 0 radical (unpaired) electrons. The molecule has 0 unspecified atom stereocenters. The van der Waals surface area contributed by atoms with Crippen molar-refractivity contribution >= 4 is 29.6 Å². The van der Waals surface area contributed by atoms with Gasteiger partial charge in [-0.15, -0.1) is 0 Å². The fourth-order valence-corrected chi connectivity index (χ4v) is 1.33. The first kappa shape index (κ1) is 14.8. The lowest BCUT2D eigenvalue weighted by Crippen LogP contribution is -2.41. The van der Waals surface area contributed by atoms with Gasteiger partial charge in [-0.2, -0.15) is 11.8 Å². The van der Waals surface area contributed by atoms with Crippen LogP contribution in [0.25, 0.3) is 0 Å². The molecule has 0 fully saturated rings. The van der Waals surface area contributed by atoms with E-state index in [-0.39, 0.29) is 24.5 Å². The van der Waals surface area contributed by atoms with E-state index < -0.39 is 18.0 Å². The summed E-state index contributed by atoms with van der Waals surface area (Å²) in [4.78, 5) is 32.7. The normalized spacial score (nSPS) is 11.6. The van der Waals surface area contributed by atoms with Crippen LogP contribution in [-0.2, 0) is 19.1 Å². The molecule has 0 aromatic rings. The average molecular weight is 249 g/mol. The van der Waals surface area contributed by atoms with Gasteiger partial charge < -0.3 is 15.2 Å². The second-order valence-electron chi connectivity index (χ2n) is 3.01. The Bertz CT molecular complexity index is 269. The highest BCUT2D eigenvalue weighted by atomic mass is 32.2. The van der Waals surface area contributed by atoms with Gasteiger partial charge in [0.15, 0.2) is 0 Å². The Hall–Kier alpha value is -1.24. The van der Waals surface area contributed by atoms with Crippen LogP contribution in [0.4, 0.5) is 0 Å². The van der Waals surface area contributed by atoms with Gasteiger partial charge in [-0.05, 0) is 12.7 Å². The Morgan fingerprint density at radius 3 is 2.50 bits per heavy atom. The van der Waals surface area contributed by atoms with Gasteiger partial charge in [-0.1, -0.05) is 0 Å². The van der Waals surface area contributed by atoms with E-state index in [0.717, 1.165) is 0 Å². The Balaban J connectivity index is 4.12. The third kappa shape index (κ3) is 6.28. The van der Waals surface area contributed by atoms with E-state index in [1.807, 2.05) is 0 Å². The Kier molecular flexibility index (Phi) is 7.36. The number of carboxylic acids is 1. The van der Waals surface area contributed by atoms with Gasteiger partial charge in [0, 0.05) is 6.42 Å². The summed E-state index contributed by atoms with van der Waals surface area (Å²) in [6.07, 6.45) is 1.74. The summed E-state index contributed by atoms with van der Waals surface area (Å²) in [5.41, 5.74) is 0. The number of hydrogen-bond donors (Lipinski definition) is 2. The molecule has 0 bridgehead atoms. The van der Waals surface area contributed by atoms with Crippen molar-refractivity contribution in [3.63, 3.8) is 0 Å².